The zero-order valence-electron chi connectivity index (χ0n) is 9.33. The second kappa shape index (κ2) is 4.86. The molecule has 2 heterocycles. The largest absolute Gasteiger partial charge is 0.311 e. The van der Waals surface area contributed by atoms with Crippen molar-refractivity contribution in [3.8, 4) is 0 Å². The Morgan fingerprint density at radius 3 is 2.57 bits per heavy atom. The van der Waals surface area contributed by atoms with Crippen LogP contribution in [0.15, 0.2) is 0 Å². The van der Waals surface area contributed by atoms with Gasteiger partial charge in [-0.2, -0.15) is 11.8 Å². The molecule has 0 aliphatic carbocycles. The lowest BCUT2D eigenvalue weighted by atomic mass is 10.0. The van der Waals surface area contributed by atoms with Crippen LogP contribution < -0.4 is 5.32 Å². The molecule has 0 aromatic heterocycles. The molecule has 3 atom stereocenters. The molecule has 82 valence electrons. The van der Waals surface area contributed by atoms with Gasteiger partial charge in [0.2, 0.25) is 0 Å². The van der Waals surface area contributed by atoms with Gasteiger partial charge in [-0.1, -0.05) is 13.8 Å². The summed E-state index contributed by atoms with van der Waals surface area (Å²) >= 11 is 2.10. The van der Waals surface area contributed by atoms with Crippen LogP contribution in [0, 0.1) is 11.8 Å². The van der Waals surface area contributed by atoms with E-state index in [9.17, 15) is 0 Å². The van der Waals surface area contributed by atoms with Crippen molar-refractivity contribution < 1.29 is 0 Å². The zero-order valence-corrected chi connectivity index (χ0v) is 10.1. The predicted octanol–water partition coefficient (Wildman–Crippen LogP) is 1.28. The van der Waals surface area contributed by atoms with Crippen LogP contribution in [-0.2, 0) is 0 Å². The van der Waals surface area contributed by atoms with Crippen molar-refractivity contribution in [3.63, 3.8) is 0 Å². The summed E-state index contributed by atoms with van der Waals surface area (Å²) in [5.74, 6) is 4.39. The van der Waals surface area contributed by atoms with E-state index in [1.165, 1.54) is 37.7 Å². The molecule has 0 spiro atoms. The van der Waals surface area contributed by atoms with Gasteiger partial charge < -0.3 is 10.2 Å². The fraction of sp³-hybridized carbons (Fsp3) is 1.00. The molecule has 0 radical (unpaired) electrons. The molecule has 0 aromatic carbocycles. The van der Waals surface area contributed by atoms with Gasteiger partial charge in [0.1, 0.15) is 0 Å². The highest BCUT2D eigenvalue weighted by atomic mass is 32.2. The first kappa shape index (κ1) is 10.8. The number of hydrogen-bond acceptors (Lipinski definition) is 3. The van der Waals surface area contributed by atoms with Crippen LogP contribution in [0.5, 0.6) is 0 Å². The Bertz CT molecular complexity index is 170. The summed E-state index contributed by atoms with van der Waals surface area (Å²) in [6, 6.07) is 0.742. The second-order valence-electron chi connectivity index (χ2n) is 4.90. The van der Waals surface area contributed by atoms with Crippen LogP contribution in [0.4, 0.5) is 0 Å². The fourth-order valence-corrected chi connectivity index (χ4v) is 3.38. The van der Waals surface area contributed by atoms with E-state index in [0.29, 0.717) is 0 Å². The molecule has 0 aromatic rings. The third-order valence-corrected chi connectivity index (χ3v) is 4.67. The minimum absolute atomic E-state index is 0.742. The standard InChI is InChI=1S/C11H22N2S/c1-9-5-13(6-10(9)2)7-11-8-14-4-3-12-11/h9-12H,3-8H2,1-2H3. The van der Waals surface area contributed by atoms with E-state index in [-0.39, 0.29) is 0 Å². The van der Waals surface area contributed by atoms with Crippen LogP contribution in [0.2, 0.25) is 0 Å². The number of likely N-dealkylation sites (tertiary alicyclic amines) is 1. The summed E-state index contributed by atoms with van der Waals surface area (Å²) in [7, 11) is 0. The summed E-state index contributed by atoms with van der Waals surface area (Å²) < 4.78 is 0. The summed E-state index contributed by atoms with van der Waals surface area (Å²) in [6.45, 7) is 9.85. The van der Waals surface area contributed by atoms with Crippen LogP contribution >= 0.6 is 11.8 Å². The Kier molecular flexibility index (Phi) is 3.74. The first-order valence-corrected chi connectivity index (χ1v) is 6.94. The van der Waals surface area contributed by atoms with Gasteiger partial charge in [0.05, 0.1) is 0 Å². The summed E-state index contributed by atoms with van der Waals surface area (Å²) in [5, 5.41) is 3.61. The lowest BCUT2D eigenvalue weighted by Gasteiger charge is -2.27. The molecule has 0 bridgehead atoms. The third-order valence-electron chi connectivity index (χ3n) is 3.54. The van der Waals surface area contributed by atoms with Gasteiger partial charge in [0.25, 0.3) is 0 Å². The van der Waals surface area contributed by atoms with E-state index in [1.54, 1.807) is 0 Å². The van der Waals surface area contributed by atoms with Crippen molar-refractivity contribution in [2.24, 2.45) is 11.8 Å². The minimum atomic E-state index is 0.742. The van der Waals surface area contributed by atoms with Crippen LogP contribution in [0.25, 0.3) is 0 Å². The van der Waals surface area contributed by atoms with Crippen LogP contribution in [-0.4, -0.2) is 48.6 Å². The molecule has 2 saturated heterocycles. The highest BCUT2D eigenvalue weighted by Gasteiger charge is 2.27. The Labute approximate surface area is 91.8 Å². The monoisotopic (exact) mass is 214 g/mol. The maximum atomic E-state index is 3.61. The van der Waals surface area contributed by atoms with Crippen molar-refractivity contribution in [1.29, 1.82) is 0 Å². The maximum Gasteiger partial charge on any atom is 0.0285 e. The maximum absolute atomic E-state index is 3.61. The fourth-order valence-electron chi connectivity index (χ4n) is 2.45. The Morgan fingerprint density at radius 2 is 2.00 bits per heavy atom. The normalized spacial score (nSPS) is 40.3. The van der Waals surface area contributed by atoms with Crippen molar-refractivity contribution >= 4 is 11.8 Å². The molecule has 0 amide bonds. The summed E-state index contributed by atoms with van der Waals surface area (Å²) in [5.41, 5.74) is 0. The van der Waals surface area contributed by atoms with Gasteiger partial charge in [0, 0.05) is 43.7 Å². The molecule has 2 nitrogen and oxygen atoms in total. The van der Waals surface area contributed by atoms with E-state index in [0.717, 1.165) is 17.9 Å². The smallest absolute Gasteiger partial charge is 0.0285 e. The highest BCUT2D eigenvalue weighted by Crippen LogP contribution is 2.22. The number of hydrogen-bond donors (Lipinski definition) is 1. The summed E-state index contributed by atoms with van der Waals surface area (Å²) in [6.07, 6.45) is 0. The van der Waals surface area contributed by atoms with E-state index in [1.807, 2.05) is 0 Å². The van der Waals surface area contributed by atoms with E-state index in [2.05, 4.69) is 35.8 Å². The second-order valence-corrected chi connectivity index (χ2v) is 6.05. The third kappa shape index (κ3) is 2.65. The number of thioether (sulfide) groups is 1. The predicted molar refractivity (Wildman–Crippen MR) is 63.9 cm³/mol. The first-order chi connectivity index (χ1) is 6.75. The summed E-state index contributed by atoms with van der Waals surface area (Å²) in [4.78, 5) is 2.64. The average molecular weight is 214 g/mol. The first-order valence-electron chi connectivity index (χ1n) is 5.79. The highest BCUT2D eigenvalue weighted by molar-refractivity contribution is 7.99. The van der Waals surface area contributed by atoms with E-state index < -0.39 is 0 Å². The topological polar surface area (TPSA) is 15.3 Å². The quantitative estimate of drug-likeness (QED) is 0.745. The number of rotatable bonds is 2. The van der Waals surface area contributed by atoms with E-state index >= 15 is 0 Å². The molecular weight excluding hydrogens is 192 g/mol. The SMILES string of the molecule is CC1CN(CC2CSCCN2)CC1C. The molecule has 14 heavy (non-hydrogen) atoms. The molecule has 2 aliphatic heterocycles. The van der Waals surface area contributed by atoms with Gasteiger partial charge in [-0.3, -0.25) is 0 Å². The lowest BCUT2D eigenvalue weighted by Crippen LogP contribution is -2.45. The van der Waals surface area contributed by atoms with Crippen molar-refractivity contribution in [3.05, 3.63) is 0 Å². The van der Waals surface area contributed by atoms with E-state index in [4.69, 9.17) is 0 Å². The number of nitrogens with one attached hydrogen (secondary N) is 1. The van der Waals surface area contributed by atoms with Crippen LogP contribution in [0.3, 0.4) is 0 Å². The van der Waals surface area contributed by atoms with Gasteiger partial charge in [0.15, 0.2) is 0 Å². The molecule has 2 rings (SSSR count). The molecule has 0 saturated carbocycles. The molecule has 3 heteroatoms. The van der Waals surface area contributed by atoms with Crippen molar-refractivity contribution in [2.45, 2.75) is 19.9 Å². The zero-order chi connectivity index (χ0) is 9.97. The minimum Gasteiger partial charge on any atom is -0.311 e. The van der Waals surface area contributed by atoms with Gasteiger partial charge >= 0.3 is 0 Å². The lowest BCUT2D eigenvalue weighted by molar-refractivity contribution is 0.289. The molecule has 1 N–H and O–H groups in total. The molecule has 2 aliphatic rings. The number of nitrogens with zero attached hydrogens (tertiary/aromatic N) is 1. The Morgan fingerprint density at radius 1 is 1.29 bits per heavy atom. The molecule has 3 unspecified atom stereocenters. The Hall–Kier alpha value is 0.270. The average Bonchev–Trinajstić information content (AvgIpc) is 2.47. The van der Waals surface area contributed by atoms with Gasteiger partial charge in [-0.05, 0) is 11.8 Å². The molecule has 2 fully saturated rings. The van der Waals surface area contributed by atoms with Crippen LogP contribution in [0.1, 0.15) is 13.8 Å². The van der Waals surface area contributed by atoms with Gasteiger partial charge in [-0.15, -0.1) is 0 Å². The van der Waals surface area contributed by atoms with Crippen molar-refractivity contribution in [1.82, 2.24) is 10.2 Å². The molecular formula is C11H22N2S. The Balaban J connectivity index is 1.74. The van der Waals surface area contributed by atoms with Gasteiger partial charge in [-0.25, -0.2) is 0 Å². The van der Waals surface area contributed by atoms with Crippen molar-refractivity contribution in [2.75, 3.05) is 37.7 Å².